The minimum atomic E-state index is 0.131. The summed E-state index contributed by atoms with van der Waals surface area (Å²) < 4.78 is 11.3. The molecule has 3 N–H and O–H groups in total. The summed E-state index contributed by atoms with van der Waals surface area (Å²) in [6.07, 6.45) is 0. The van der Waals surface area contributed by atoms with E-state index in [0.717, 1.165) is 5.69 Å². The van der Waals surface area contributed by atoms with E-state index in [4.69, 9.17) is 15.2 Å². The molecule has 26 heavy (non-hydrogen) atoms. The van der Waals surface area contributed by atoms with Gasteiger partial charge in [-0.25, -0.2) is 0 Å². The molecule has 1 aromatic heterocycles. The van der Waals surface area contributed by atoms with Crippen molar-refractivity contribution < 1.29 is 9.47 Å². The number of rotatable bonds is 7. The molecular weight excluding hydrogens is 330 g/mol. The van der Waals surface area contributed by atoms with E-state index in [-0.39, 0.29) is 12.6 Å². The van der Waals surface area contributed by atoms with Gasteiger partial charge in [0.15, 0.2) is 17.3 Å². The van der Waals surface area contributed by atoms with Crippen molar-refractivity contribution in [2.45, 2.75) is 20.5 Å². The smallest absolute Gasteiger partial charge is 0.232 e. The van der Waals surface area contributed by atoms with Crippen LogP contribution < -0.4 is 20.5 Å². The van der Waals surface area contributed by atoms with Crippen LogP contribution in [-0.4, -0.2) is 21.6 Å². The van der Waals surface area contributed by atoms with Crippen molar-refractivity contribution in [3.05, 3.63) is 59.9 Å². The minimum Gasteiger partial charge on any atom is -0.490 e. The second-order valence-corrected chi connectivity index (χ2v) is 5.59. The fraction of sp³-hybridized carbons (Fsp3) is 0.211. The molecule has 7 heteroatoms. The molecule has 0 aliphatic heterocycles. The lowest BCUT2D eigenvalue weighted by Crippen LogP contribution is -2.09. The van der Waals surface area contributed by atoms with Crippen molar-refractivity contribution in [3.63, 3.8) is 0 Å². The second-order valence-electron chi connectivity index (χ2n) is 5.59. The Morgan fingerprint density at radius 3 is 2.31 bits per heavy atom. The molecule has 0 aliphatic rings. The van der Waals surface area contributed by atoms with Crippen molar-refractivity contribution in [1.82, 2.24) is 15.0 Å². The molecule has 0 bridgehead atoms. The number of ether oxygens (including phenoxy) is 2. The molecule has 134 valence electrons. The summed E-state index contributed by atoms with van der Waals surface area (Å²) in [6, 6.07) is 15.4. The van der Waals surface area contributed by atoms with Gasteiger partial charge in [-0.2, -0.15) is 15.0 Å². The lowest BCUT2D eigenvalue weighted by atomic mass is 10.2. The number of hydrogen-bond donors (Lipinski definition) is 2. The predicted octanol–water partition coefficient (Wildman–Crippen LogP) is 3.48. The maximum Gasteiger partial charge on any atom is 0.232 e. The van der Waals surface area contributed by atoms with Crippen molar-refractivity contribution in [1.29, 1.82) is 0 Å². The van der Waals surface area contributed by atoms with Crippen LogP contribution in [0.3, 0.4) is 0 Å². The highest BCUT2D eigenvalue weighted by Crippen LogP contribution is 2.27. The number of para-hydroxylation sites is 2. The first-order valence-corrected chi connectivity index (χ1v) is 8.33. The van der Waals surface area contributed by atoms with E-state index in [1.165, 1.54) is 5.56 Å². The third-order valence-electron chi connectivity index (χ3n) is 3.51. The zero-order chi connectivity index (χ0) is 18.4. The van der Waals surface area contributed by atoms with Crippen molar-refractivity contribution in [3.8, 4) is 11.5 Å². The highest BCUT2D eigenvalue weighted by molar-refractivity contribution is 5.54. The highest BCUT2D eigenvalue weighted by Gasteiger charge is 2.08. The molecule has 0 saturated carbocycles. The van der Waals surface area contributed by atoms with E-state index in [0.29, 0.717) is 29.9 Å². The van der Waals surface area contributed by atoms with Crippen LogP contribution in [0.4, 0.5) is 17.6 Å². The first-order chi connectivity index (χ1) is 12.6. The number of nitrogens with one attached hydrogen (secondary N) is 1. The van der Waals surface area contributed by atoms with Gasteiger partial charge in [-0.05, 0) is 38.1 Å². The van der Waals surface area contributed by atoms with Gasteiger partial charge >= 0.3 is 0 Å². The average molecular weight is 351 g/mol. The number of aryl methyl sites for hydroxylation is 1. The molecule has 0 spiro atoms. The van der Waals surface area contributed by atoms with E-state index in [2.05, 4.69) is 20.3 Å². The molecule has 0 amide bonds. The molecule has 0 unspecified atom stereocenters. The van der Waals surface area contributed by atoms with Crippen LogP contribution in [-0.2, 0) is 6.61 Å². The zero-order valence-corrected chi connectivity index (χ0v) is 14.8. The van der Waals surface area contributed by atoms with Crippen LogP contribution in [0.25, 0.3) is 0 Å². The summed E-state index contributed by atoms with van der Waals surface area (Å²) in [5.41, 5.74) is 7.85. The molecule has 0 saturated heterocycles. The van der Waals surface area contributed by atoms with E-state index in [9.17, 15) is 0 Å². The van der Waals surface area contributed by atoms with E-state index < -0.39 is 0 Å². The Morgan fingerprint density at radius 2 is 1.62 bits per heavy atom. The summed E-state index contributed by atoms with van der Waals surface area (Å²) in [5, 5.41) is 3.12. The summed E-state index contributed by atoms with van der Waals surface area (Å²) >= 11 is 0. The van der Waals surface area contributed by atoms with Gasteiger partial charge in [-0.15, -0.1) is 0 Å². The number of nitrogens with two attached hydrogens (primary N) is 1. The topological polar surface area (TPSA) is 95.2 Å². The normalized spacial score (nSPS) is 10.4. The second kappa shape index (κ2) is 8.15. The molecule has 1 heterocycles. The largest absolute Gasteiger partial charge is 0.490 e. The first kappa shape index (κ1) is 17.5. The Kier molecular flexibility index (Phi) is 5.48. The van der Waals surface area contributed by atoms with Gasteiger partial charge in [-0.3, -0.25) is 0 Å². The van der Waals surface area contributed by atoms with Crippen LogP contribution in [0.1, 0.15) is 18.3 Å². The van der Waals surface area contributed by atoms with Crippen LogP contribution in [0, 0.1) is 6.92 Å². The van der Waals surface area contributed by atoms with Gasteiger partial charge in [0.05, 0.1) is 6.61 Å². The highest BCUT2D eigenvalue weighted by atomic mass is 16.5. The van der Waals surface area contributed by atoms with E-state index >= 15 is 0 Å². The fourth-order valence-electron chi connectivity index (χ4n) is 2.31. The number of hydrogen-bond acceptors (Lipinski definition) is 7. The van der Waals surface area contributed by atoms with Crippen molar-refractivity contribution >= 4 is 17.6 Å². The third-order valence-corrected chi connectivity index (χ3v) is 3.51. The molecule has 0 fully saturated rings. The molecule has 2 aromatic carbocycles. The molecule has 3 rings (SSSR count). The van der Waals surface area contributed by atoms with Gasteiger partial charge in [0, 0.05) is 5.69 Å². The maximum atomic E-state index is 5.80. The van der Waals surface area contributed by atoms with Gasteiger partial charge in [0.25, 0.3) is 0 Å². The zero-order valence-electron chi connectivity index (χ0n) is 14.8. The fourth-order valence-corrected chi connectivity index (χ4v) is 2.31. The molecule has 7 nitrogen and oxygen atoms in total. The third kappa shape index (κ3) is 4.60. The monoisotopic (exact) mass is 351 g/mol. The Hall–Kier alpha value is -3.35. The summed E-state index contributed by atoms with van der Waals surface area (Å²) in [4.78, 5) is 12.6. The molecule has 3 aromatic rings. The minimum absolute atomic E-state index is 0.131. The Balaban J connectivity index is 1.72. The number of anilines is 3. The van der Waals surface area contributed by atoms with Gasteiger partial charge < -0.3 is 20.5 Å². The van der Waals surface area contributed by atoms with Crippen molar-refractivity contribution in [2.24, 2.45) is 0 Å². The van der Waals surface area contributed by atoms with Crippen molar-refractivity contribution in [2.75, 3.05) is 17.7 Å². The SMILES string of the molecule is CCOc1ccccc1OCc1nc(N)nc(Nc2ccc(C)cc2)n1. The Morgan fingerprint density at radius 1 is 0.923 bits per heavy atom. The Bertz CT molecular complexity index is 868. The molecular formula is C19H21N5O2. The first-order valence-electron chi connectivity index (χ1n) is 8.33. The average Bonchev–Trinajstić information content (AvgIpc) is 2.63. The standard InChI is InChI=1S/C19H21N5O2/c1-3-25-15-6-4-5-7-16(15)26-12-17-22-18(20)24-19(23-17)21-14-10-8-13(2)9-11-14/h4-11H,3,12H2,1-2H3,(H3,20,21,22,23,24). The summed E-state index contributed by atoms with van der Waals surface area (Å²) in [5.74, 6) is 2.24. The summed E-state index contributed by atoms with van der Waals surface area (Å²) in [6.45, 7) is 4.66. The van der Waals surface area contributed by atoms with Crippen LogP contribution in [0.2, 0.25) is 0 Å². The maximum absolute atomic E-state index is 5.80. The van der Waals surface area contributed by atoms with Gasteiger partial charge in [0.2, 0.25) is 11.9 Å². The lowest BCUT2D eigenvalue weighted by molar-refractivity contribution is 0.263. The molecule has 0 radical (unpaired) electrons. The van der Waals surface area contributed by atoms with E-state index in [1.807, 2.05) is 62.4 Å². The predicted molar refractivity (Wildman–Crippen MR) is 101 cm³/mol. The molecule has 0 atom stereocenters. The van der Waals surface area contributed by atoms with E-state index in [1.54, 1.807) is 0 Å². The lowest BCUT2D eigenvalue weighted by Gasteiger charge is -2.12. The van der Waals surface area contributed by atoms with Crippen LogP contribution >= 0.6 is 0 Å². The number of nitrogen functional groups attached to an aromatic ring is 1. The van der Waals surface area contributed by atoms with Gasteiger partial charge in [0.1, 0.15) is 6.61 Å². The van der Waals surface area contributed by atoms with Crippen LogP contribution in [0.15, 0.2) is 48.5 Å². The number of nitrogens with zero attached hydrogens (tertiary/aromatic N) is 3. The van der Waals surface area contributed by atoms with Crippen LogP contribution in [0.5, 0.6) is 11.5 Å². The quantitative estimate of drug-likeness (QED) is 0.673. The summed E-state index contributed by atoms with van der Waals surface area (Å²) in [7, 11) is 0. The number of benzene rings is 2. The van der Waals surface area contributed by atoms with Gasteiger partial charge in [-0.1, -0.05) is 29.8 Å². The molecule has 0 aliphatic carbocycles. The number of aromatic nitrogens is 3. The Labute approximate surface area is 152 Å².